The number of anilines is 1. The minimum Gasteiger partial charge on any atom is -0.345 e. The topological polar surface area (TPSA) is 46.0 Å². The van der Waals surface area contributed by atoms with Crippen molar-refractivity contribution in [3.8, 4) is 0 Å². The van der Waals surface area contributed by atoms with Gasteiger partial charge in [-0.2, -0.15) is 0 Å². The summed E-state index contributed by atoms with van der Waals surface area (Å²) in [5, 5.41) is 3.23. The number of pyridine rings is 1. The van der Waals surface area contributed by atoms with Gasteiger partial charge in [0, 0.05) is 43.8 Å². The highest BCUT2D eigenvalue weighted by Gasteiger charge is 2.21. The number of hydrogen-bond acceptors (Lipinski definition) is 4. The Balaban J connectivity index is 1.78. The van der Waals surface area contributed by atoms with Crippen molar-refractivity contribution in [3.63, 3.8) is 0 Å². The highest BCUT2D eigenvalue weighted by Crippen LogP contribution is 2.23. The average molecular weight is 289 g/mol. The molecule has 0 aliphatic carbocycles. The molecule has 112 valence electrons. The van der Waals surface area contributed by atoms with E-state index < -0.39 is 0 Å². The zero-order valence-corrected chi connectivity index (χ0v) is 12.2. The van der Waals surface area contributed by atoms with Gasteiger partial charge in [-0.15, -0.1) is 0 Å². The van der Waals surface area contributed by atoms with Gasteiger partial charge in [-0.3, -0.25) is 0 Å². The van der Waals surface area contributed by atoms with Crippen molar-refractivity contribution in [2.75, 3.05) is 18.0 Å². The minimum atomic E-state index is -0.221. The van der Waals surface area contributed by atoms with Crippen molar-refractivity contribution in [1.82, 2.24) is 19.9 Å². The molecule has 1 aliphatic rings. The second-order valence-electron chi connectivity index (χ2n) is 5.24. The highest BCUT2D eigenvalue weighted by atomic mass is 19.1. The SMILES string of the molecule is CCCNCc1ccnc(N2CCn3ccnc3C2)c1F. The van der Waals surface area contributed by atoms with Crippen LogP contribution in [0.5, 0.6) is 0 Å². The molecule has 0 saturated heterocycles. The zero-order valence-electron chi connectivity index (χ0n) is 12.2. The molecule has 0 bridgehead atoms. The lowest BCUT2D eigenvalue weighted by Crippen LogP contribution is -2.35. The van der Waals surface area contributed by atoms with E-state index in [-0.39, 0.29) is 5.82 Å². The Kier molecular flexibility index (Phi) is 4.15. The Morgan fingerprint density at radius 3 is 3.05 bits per heavy atom. The van der Waals surface area contributed by atoms with Gasteiger partial charge in [0.25, 0.3) is 0 Å². The fourth-order valence-electron chi connectivity index (χ4n) is 2.58. The maximum absolute atomic E-state index is 14.6. The largest absolute Gasteiger partial charge is 0.345 e. The van der Waals surface area contributed by atoms with E-state index >= 15 is 0 Å². The lowest BCUT2D eigenvalue weighted by atomic mass is 10.2. The molecular weight excluding hydrogens is 269 g/mol. The smallest absolute Gasteiger partial charge is 0.170 e. The molecule has 1 N–H and O–H groups in total. The maximum atomic E-state index is 14.6. The summed E-state index contributed by atoms with van der Waals surface area (Å²) < 4.78 is 16.7. The average Bonchev–Trinajstić information content (AvgIpc) is 2.96. The standard InChI is InChI=1S/C15H20FN5/c1-2-4-17-10-12-3-5-19-15(14(12)16)21-9-8-20-7-6-18-13(20)11-21/h3,5-7,17H,2,4,8-11H2,1H3. The number of imidazole rings is 1. The van der Waals surface area contributed by atoms with Crippen LogP contribution >= 0.6 is 0 Å². The minimum absolute atomic E-state index is 0.221. The van der Waals surface area contributed by atoms with E-state index in [2.05, 4.69) is 26.8 Å². The van der Waals surface area contributed by atoms with Crippen molar-refractivity contribution in [1.29, 1.82) is 0 Å². The third-order valence-corrected chi connectivity index (χ3v) is 3.74. The quantitative estimate of drug-likeness (QED) is 0.855. The number of nitrogens with zero attached hydrogens (tertiary/aromatic N) is 4. The van der Waals surface area contributed by atoms with E-state index in [1.165, 1.54) is 0 Å². The zero-order chi connectivity index (χ0) is 14.7. The first-order chi connectivity index (χ1) is 10.3. The molecule has 2 aromatic heterocycles. The lowest BCUT2D eigenvalue weighted by molar-refractivity contribution is 0.529. The van der Waals surface area contributed by atoms with Gasteiger partial charge in [0.05, 0.1) is 6.54 Å². The molecule has 3 rings (SSSR count). The van der Waals surface area contributed by atoms with E-state index in [4.69, 9.17) is 0 Å². The van der Waals surface area contributed by atoms with Crippen LogP contribution in [0.25, 0.3) is 0 Å². The number of halogens is 1. The predicted molar refractivity (Wildman–Crippen MR) is 79.5 cm³/mol. The lowest BCUT2D eigenvalue weighted by Gasteiger charge is -2.29. The van der Waals surface area contributed by atoms with Crippen LogP contribution in [0, 0.1) is 5.82 Å². The van der Waals surface area contributed by atoms with Crippen LogP contribution in [-0.4, -0.2) is 27.6 Å². The Morgan fingerprint density at radius 1 is 1.29 bits per heavy atom. The Bertz CT molecular complexity index is 610. The van der Waals surface area contributed by atoms with Crippen LogP contribution in [0.4, 0.5) is 10.2 Å². The summed E-state index contributed by atoms with van der Waals surface area (Å²) in [5.74, 6) is 1.16. The third-order valence-electron chi connectivity index (χ3n) is 3.74. The fraction of sp³-hybridized carbons (Fsp3) is 0.467. The summed E-state index contributed by atoms with van der Waals surface area (Å²) in [6.07, 6.45) is 6.46. The van der Waals surface area contributed by atoms with Crippen molar-refractivity contribution >= 4 is 5.82 Å². The monoisotopic (exact) mass is 289 g/mol. The van der Waals surface area contributed by atoms with Gasteiger partial charge in [-0.05, 0) is 19.0 Å². The van der Waals surface area contributed by atoms with Gasteiger partial charge in [-0.1, -0.05) is 6.92 Å². The van der Waals surface area contributed by atoms with Crippen molar-refractivity contribution in [2.24, 2.45) is 0 Å². The molecule has 0 fully saturated rings. The van der Waals surface area contributed by atoms with Gasteiger partial charge in [0.15, 0.2) is 11.6 Å². The first kappa shape index (κ1) is 14.0. The van der Waals surface area contributed by atoms with Gasteiger partial charge in [0.1, 0.15) is 5.82 Å². The van der Waals surface area contributed by atoms with Gasteiger partial charge >= 0.3 is 0 Å². The second kappa shape index (κ2) is 6.22. The Morgan fingerprint density at radius 2 is 2.19 bits per heavy atom. The van der Waals surface area contributed by atoms with E-state index in [9.17, 15) is 4.39 Å². The molecule has 2 aromatic rings. The molecule has 0 atom stereocenters. The van der Waals surface area contributed by atoms with Crippen molar-refractivity contribution in [2.45, 2.75) is 33.0 Å². The number of nitrogens with one attached hydrogen (secondary N) is 1. The first-order valence-corrected chi connectivity index (χ1v) is 7.38. The summed E-state index contributed by atoms with van der Waals surface area (Å²) in [5.41, 5.74) is 0.669. The van der Waals surface area contributed by atoms with Crippen molar-refractivity contribution < 1.29 is 4.39 Å². The molecule has 1 aliphatic heterocycles. The molecule has 3 heterocycles. The first-order valence-electron chi connectivity index (χ1n) is 7.38. The molecule has 6 heteroatoms. The molecule has 0 spiro atoms. The molecule has 0 saturated carbocycles. The number of aromatic nitrogens is 3. The molecule has 0 amide bonds. The Hall–Kier alpha value is -1.95. The molecule has 0 aromatic carbocycles. The van der Waals surface area contributed by atoms with E-state index in [0.29, 0.717) is 24.5 Å². The van der Waals surface area contributed by atoms with E-state index in [1.54, 1.807) is 18.5 Å². The molecular formula is C15H20FN5. The second-order valence-corrected chi connectivity index (χ2v) is 5.24. The van der Waals surface area contributed by atoms with Crippen LogP contribution in [0.2, 0.25) is 0 Å². The van der Waals surface area contributed by atoms with Crippen LogP contribution < -0.4 is 10.2 Å². The van der Waals surface area contributed by atoms with Gasteiger partial charge < -0.3 is 14.8 Å². The number of hydrogen-bond donors (Lipinski definition) is 1. The van der Waals surface area contributed by atoms with Gasteiger partial charge in [0.2, 0.25) is 0 Å². The van der Waals surface area contributed by atoms with Crippen molar-refractivity contribution in [3.05, 3.63) is 41.9 Å². The number of rotatable bonds is 5. The molecule has 5 nitrogen and oxygen atoms in total. The summed E-state index contributed by atoms with van der Waals surface area (Å²) in [4.78, 5) is 10.5. The van der Waals surface area contributed by atoms with Crippen LogP contribution in [0.1, 0.15) is 24.7 Å². The third kappa shape index (κ3) is 2.90. The number of fused-ring (bicyclic) bond motifs is 1. The normalized spacial score (nSPS) is 14.3. The van der Waals surface area contributed by atoms with Gasteiger partial charge in [-0.25, -0.2) is 14.4 Å². The summed E-state index contributed by atoms with van der Waals surface area (Å²) in [7, 11) is 0. The predicted octanol–water partition coefficient (Wildman–Crippen LogP) is 1.94. The van der Waals surface area contributed by atoms with Crippen LogP contribution in [0.3, 0.4) is 0 Å². The highest BCUT2D eigenvalue weighted by molar-refractivity contribution is 5.43. The maximum Gasteiger partial charge on any atom is 0.170 e. The van der Waals surface area contributed by atoms with E-state index in [1.807, 2.05) is 11.1 Å². The Labute approximate surface area is 123 Å². The van der Waals surface area contributed by atoms with Crippen LogP contribution in [0.15, 0.2) is 24.7 Å². The van der Waals surface area contributed by atoms with E-state index in [0.717, 1.165) is 31.9 Å². The van der Waals surface area contributed by atoms with Crippen LogP contribution in [-0.2, 0) is 19.6 Å². The summed E-state index contributed by atoms with van der Waals surface area (Å²) in [6, 6.07) is 1.74. The molecule has 21 heavy (non-hydrogen) atoms. The summed E-state index contributed by atoms with van der Waals surface area (Å²) in [6.45, 7) is 5.68. The molecule has 0 unspecified atom stereocenters. The summed E-state index contributed by atoms with van der Waals surface area (Å²) >= 11 is 0. The molecule has 0 radical (unpaired) electrons. The fourth-order valence-corrected chi connectivity index (χ4v) is 2.58.